The van der Waals surface area contributed by atoms with E-state index in [4.69, 9.17) is 9.47 Å². The van der Waals surface area contributed by atoms with Crippen molar-refractivity contribution < 1.29 is 31.9 Å². The maximum Gasteiger partial charge on any atom is 0.264 e. The van der Waals surface area contributed by atoms with Crippen molar-refractivity contribution in [2.24, 2.45) is 0 Å². The van der Waals surface area contributed by atoms with Gasteiger partial charge in [-0.2, -0.15) is 0 Å². The monoisotopic (exact) mass is 639 g/mol. The SMILES string of the molecule is CC[C@@H](C(=O)NC1CCCCC1)N(Cc1ccc(F)cc1)C(=O)CN(c1cc(OC)ccc1OC)S(=O)(=O)c1ccc(C)cc1. The molecular formula is C34H42FN3O6S. The van der Waals surface area contributed by atoms with E-state index >= 15 is 0 Å². The van der Waals surface area contributed by atoms with Crippen molar-refractivity contribution >= 4 is 27.5 Å². The van der Waals surface area contributed by atoms with Gasteiger partial charge >= 0.3 is 0 Å². The second-order valence-electron chi connectivity index (χ2n) is 11.3. The van der Waals surface area contributed by atoms with E-state index in [-0.39, 0.29) is 34.8 Å². The van der Waals surface area contributed by atoms with E-state index in [0.29, 0.717) is 17.7 Å². The summed E-state index contributed by atoms with van der Waals surface area (Å²) in [6.07, 6.45) is 5.19. The standard InChI is InChI=1S/C34H42FN3O6S/c1-5-30(34(40)36-27-9-7-6-8-10-27)37(22-25-13-15-26(35)16-14-25)33(39)23-38(31-21-28(43-3)17-20-32(31)44-4)45(41,42)29-18-11-24(2)12-19-29/h11-21,27,30H,5-10,22-23H2,1-4H3,(H,36,40)/t30-/m0/s1. The van der Waals surface area contributed by atoms with Crippen molar-refractivity contribution in [1.82, 2.24) is 10.2 Å². The molecule has 3 aromatic rings. The van der Waals surface area contributed by atoms with E-state index in [1.54, 1.807) is 36.4 Å². The van der Waals surface area contributed by atoms with Crippen LogP contribution in [-0.4, -0.2) is 58.0 Å². The zero-order valence-electron chi connectivity index (χ0n) is 26.3. The Hall–Kier alpha value is -4.12. The van der Waals surface area contributed by atoms with E-state index in [1.165, 1.54) is 49.5 Å². The van der Waals surface area contributed by atoms with Crippen molar-refractivity contribution in [3.63, 3.8) is 0 Å². The summed E-state index contributed by atoms with van der Waals surface area (Å²) in [6.45, 7) is 3.00. The minimum atomic E-state index is -4.31. The van der Waals surface area contributed by atoms with Crippen LogP contribution < -0.4 is 19.1 Å². The number of anilines is 1. The van der Waals surface area contributed by atoms with E-state index in [9.17, 15) is 22.4 Å². The summed E-state index contributed by atoms with van der Waals surface area (Å²) < 4.78 is 54.1. The summed E-state index contributed by atoms with van der Waals surface area (Å²) in [5.74, 6) is -0.758. The van der Waals surface area contributed by atoms with E-state index in [0.717, 1.165) is 42.0 Å². The van der Waals surface area contributed by atoms with Gasteiger partial charge in [-0.1, -0.05) is 56.0 Å². The Kier molecular flexibility index (Phi) is 11.4. The topological polar surface area (TPSA) is 105 Å². The highest BCUT2D eigenvalue weighted by Crippen LogP contribution is 2.36. The van der Waals surface area contributed by atoms with Crippen LogP contribution in [0.25, 0.3) is 0 Å². The highest BCUT2D eigenvalue weighted by molar-refractivity contribution is 7.92. The van der Waals surface area contributed by atoms with Gasteiger partial charge in [-0.05, 0) is 68.1 Å². The number of rotatable bonds is 13. The van der Waals surface area contributed by atoms with Gasteiger partial charge in [0, 0.05) is 18.7 Å². The van der Waals surface area contributed by atoms with Gasteiger partial charge in [0.1, 0.15) is 29.9 Å². The van der Waals surface area contributed by atoms with Crippen LogP contribution in [0.3, 0.4) is 0 Å². The highest BCUT2D eigenvalue weighted by Gasteiger charge is 2.35. The molecule has 1 fully saturated rings. The summed E-state index contributed by atoms with van der Waals surface area (Å²) in [6, 6.07) is 15.8. The molecule has 1 aliphatic carbocycles. The Morgan fingerprint density at radius 2 is 1.62 bits per heavy atom. The quantitative estimate of drug-likeness (QED) is 0.261. The lowest BCUT2D eigenvalue weighted by Crippen LogP contribution is -2.54. The van der Waals surface area contributed by atoms with E-state index in [2.05, 4.69) is 5.32 Å². The number of methoxy groups -OCH3 is 2. The molecule has 0 heterocycles. The maximum absolute atomic E-state index is 14.4. The number of hydrogen-bond acceptors (Lipinski definition) is 6. The molecule has 242 valence electrons. The molecule has 1 atom stereocenters. The number of ether oxygens (including phenoxy) is 2. The number of benzene rings is 3. The molecule has 0 bridgehead atoms. The first-order valence-electron chi connectivity index (χ1n) is 15.2. The zero-order chi connectivity index (χ0) is 32.6. The smallest absolute Gasteiger partial charge is 0.264 e. The number of amides is 2. The number of hydrogen-bond donors (Lipinski definition) is 1. The Morgan fingerprint density at radius 3 is 2.22 bits per heavy atom. The molecule has 1 saturated carbocycles. The van der Waals surface area contributed by atoms with Crippen LogP contribution in [-0.2, 0) is 26.2 Å². The van der Waals surface area contributed by atoms with Crippen LogP contribution in [0.2, 0.25) is 0 Å². The normalized spacial score (nSPS) is 14.3. The first kappa shape index (κ1) is 33.8. The van der Waals surface area contributed by atoms with E-state index < -0.39 is 34.3 Å². The number of carbonyl (C=O) groups excluding carboxylic acids is 2. The summed E-state index contributed by atoms with van der Waals surface area (Å²) in [5, 5.41) is 3.12. The number of nitrogens with one attached hydrogen (secondary N) is 1. The van der Waals surface area contributed by atoms with Crippen LogP contribution >= 0.6 is 0 Å². The lowest BCUT2D eigenvalue weighted by atomic mass is 9.95. The Bertz CT molecular complexity index is 1560. The molecule has 0 aromatic heterocycles. The molecule has 0 radical (unpaired) electrons. The van der Waals surface area contributed by atoms with Crippen LogP contribution in [0.15, 0.2) is 71.6 Å². The van der Waals surface area contributed by atoms with Crippen LogP contribution in [0.5, 0.6) is 11.5 Å². The Labute approximate surface area is 265 Å². The second-order valence-corrected chi connectivity index (χ2v) is 13.1. The van der Waals surface area contributed by atoms with Crippen LogP contribution in [0.4, 0.5) is 10.1 Å². The van der Waals surface area contributed by atoms with Crippen molar-refractivity contribution in [2.75, 3.05) is 25.1 Å². The molecular weight excluding hydrogens is 597 g/mol. The van der Waals surface area contributed by atoms with Crippen molar-refractivity contribution in [3.05, 3.63) is 83.7 Å². The molecule has 11 heteroatoms. The van der Waals surface area contributed by atoms with Crippen molar-refractivity contribution in [3.8, 4) is 11.5 Å². The van der Waals surface area contributed by atoms with Crippen LogP contribution in [0.1, 0.15) is 56.6 Å². The highest BCUT2D eigenvalue weighted by atomic mass is 32.2. The molecule has 0 saturated heterocycles. The fraction of sp³-hybridized carbons (Fsp3) is 0.412. The predicted octanol–water partition coefficient (Wildman–Crippen LogP) is 5.60. The summed E-state index contributed by atoms with van der Waals surface area (Å²) in [5.41, 5.74) is 1.57. The molecule has 0 spiro atoms. The van der Waals surface area contributed by atoms with E-state index in [1.807, 2.05) is 13.8 Å². The third-order valence-corrected chi connectivity index (χ3v) is 9.92. The van der Waals surface area contributed by atoms with Gasteiger partial charge in [-0.15, -0.1) is 0 Å². The maximum atomic E-state index is 14.4. The van der Waals surface area contributed by atoms with Gasteiger partial charge in [0.25, 0.3) is 10.0 Å². The fourth-order valence-electron chi connectivity index (χ4n) is 5.59. The molecule has 1 aliphatic rings. The summed E-state index contributed by atoms with van der Waals surface area (Å²) in [4.78, 5) is 29.4. The van der Waals surface area contributed by atoms with Crippen LogP contribution in [0, 0.1) is 12.7 Å². The Balaban J connectivity index is 1.77. The lowest BCUT2D eigenvalue weighted by Gasteiger charge is -2.34. The van der Waals surface area contributed by atoms with Crippen molar-refractivity contribution in [1.29, 1.82) is 0 Å². The molecule has 1 N–H and O–H groups in total. The molecule has 45 heavy (non-hydrogen) atoms. The third kappa shape index (κ3) is 8.33. The zero-order valence-corrected chi connectivity index (χ0v) is 27.1. The number of sulfonamides is 1. The first-order chi connectivity index (χ1) is 21.6. The average molecular weight is 640 g/mol. The molecule has 2 amide bonds. The van der Waals surface area contributed by atoms with Crippen molar-refractivity contribution in [2.45, 2.75) is 75.9 Å². The van der Waals surface area contributed by atoms with Gasteiger partial charge in [0.2, 0.25) is 11.8 Å². The molecule has 0 unspecified atom stereocenters. The number of nitrogens with zero attached hydrogens (tertiary/aromatic N) is 2. The summed E-state index contributed by atoms with van der Waals surface area (Å²) in [7, 11) is -1.45. The lowest BCUT2D eigenvalue weighted by molar-refractivity contribution is -0.140. The minimum Gasteiger partial charge on any atom is -0.497 e. The van der Waals surface area contributed by atoms with Gasteiger partial charge < -0.3 is 19.7 Å². The minimum absolute atomic E-state index is 0.0158. The number of halogens is 1. The third-order valence-electron chi connectivity index (χ3n) is 8.15. The fourth-order valence-corrected chi connectivity index (χ4v) is 7.01. The Morgan fingerprint density at radius 1 is 0.956 bits per heavy atom. The molecule has 4 rings (SSSR count). The molecule has 0 aliphatic heterocycles. The predicted molar refractivity (Wildman–Crippen MR) is 171 cm³/mol. The average Bonchev–Trinajstić information content (AvgIpc) is 3.04. The molecule has 3 aromatic carbocycles. The van der Waals surface area contributed by atoms with Gasteiger partial charge in [0.05, 0.1) is 24.8 Å². The first-order valence-corrected chi connectivity index (χ1v) is 16.7. The summed E-state index contributed by atoms with van der Waals surface area (Å²) >= 11 is 0. The number of carbonyl (C=O) groups is 2. The number of aryl methyl sites for hydroxylation is 1. The van der Waals surface area contributed by atoms with Gasteiger partial charge in [-0.25, -0.2) is 12.8 Å². The van der Waals surface area contributed by atoms with Gasteiger partial charge in [-0.3, -0.25) is 13.9 Å². The largest absolute Gasteiger partial charge is 0.497 e. The molecule has 9 nitrogen and oxygen atoms in total. The van der Waals surface area contributed by atoms with Gasteiger partial charge in [0.15, 0.2) is 0 Å². The second kappa shape index (κ2) is 15.2.